The summed E-state index contributed by atoms with van der Waals surface area (Å²) in [4.78, 5) is 27.5. The summed E-state index contributed by atoms with van der Waals surface area (Å²) in [5, 5.41) is 21.4. The molecule has 7 nitrogen and oxygen atoms in total. The van der Waals surface area contributed by atoms with Crippen LogP contribution in [0.3, 0.4) is 0 Å². The third-order valence-electron chi connectivity index (χ3n) is 2.01. The third-order valence-corrected chi connectivity index (χ3v) is 2.64. The first-order valence-electron chi connectivity index (χ1n) is 4.77. The molecule has 1 unspecified atom stereocenters. The van der Waals surface area contributed by atoms with Gasteiger partial charge in [0.05, 0.1) is 24.4 Å². The van der Waals surface area contributed by atoms with Crippen molar-refractivity contribution >= 4 is 23.3 Å². The smallest absolute Gasteiger partial charge is 0.328 e. The Morgan fingerprint density at radius 3 is 2.82 bits per heavy atom. The van der Waals surface area contributed by atoms with E-state index in [1.54, 1.807) is 10.9 Å². The molecule has 0 saturated carbocycles. The van der Waals surface area contributed by atoms with Crippen LogP contribution >= 0.6 is 11.3 Å². The Morgan fingerprint density at radius 1 is 1.65 bits per heavy atom. The molecule has 94 valence electrons. The van der Waals surface area contributed by atoms with E-state index in [4.69, 9.17) is 10.2 Å². The largest absolute Gasteiger partial charge is 0.480 e. The van der Waals surface area contributed by atoms with Crippen LogP contribution in [0, 0.1) is 0 Å². The van der Waals surface area contributed by atoms with Crippen LogP contribution in [0.1, 0.15) is 5.69 Å². The number of aliphatic hydroxyl groups is 1. The molecule has 0 aliphatic rings. The summed E-state index contributed by atoms with van der Waals surface area (Å²) in [6, 6.07) is -1.86. The number of thiazole rings is 1. The molecule has 8 heteroatoms. The number of hydrogen-bond donors (Lipinski definition) is 3. The van der Waals surface area contributed by atoms with E-state index in [2.05, 4.69) is 10.3 Å². The molecule has 1 aromatic heterocycles. The predicted molar refractivity (Wildman–Crippen MR) is 60.6 cm³/mol. The number of nitrogens with zero attached hydrogens (tertiary/aromatic N) is 2. The van der Waals surface area contributed by atoms with Gasteiger partial charge in [0, 0.05) is 12.4 Å². The molecule has 1 heterocycles. The summed E-state index contributed by atoms with van der Waals surface area (Å²) in [5.41, 5.74) is 2.37. The zero-order chi connectivity index (χ0) is 12.8. The maximum Gasteiger partial charge on any atom is 0.328 e. The fourth-order valence-electron chi connectivity index (χ4n) is 1.08. The van der Waals surface area contributed by atoms with Crippen molar-refractivity contribution in [3.63, 3.8) is 0 Å². The number of carbonyl (C=O) groups is 2. The van der Waals surface area contributed by atoms with Gasteiger partial charge in [-0.05, 0) is 0 Å². The van der Waals surface area contributed by atoms with Gasteiger partial charge in [-0.1, -0.05) is 0 Å². The molecule has 0 bridgehead atoms. The number of carboxylic acids is 1. The van der Waals surface area contributed by atoms with Crippen LogP contribution in [0.2, 0.25) is 0 Å². The Morgan fingerprint density at radius 2 is 2.35 bits per heavy atom. The first kappa shape index (κ1) is 13.4. The minimum Gasteiger partial charge on any atom is -0.480 e. The van der Waals surface area contributed by atoms with Gasteiger partial charge in [-0.15, -0.1) is 11.3 Å². The molecule has 0 radical (unpaired) electrons. The SMILES string of the molecule is CN(Cc1cscn1)C(=O)NC(CO)C(=O)O. The van der Waals surface area contributed by atoms with E-state index < -0.39 is 24.6 Å². The van der Waals surface area contributed by atoms with Crippen LogP contribution in [0.25, 0.3) is 0 Å². The summed E-state index contributed by atoms with van der Waals surface area (Å²) in [7, 11) is 1.52. The average molecular weight is 259 g/mol. The number of nitrogens with one attached hydrogen (secondary N) is 1. The van der Waals surface area contributed by atoms with Crippen LogP contribution in [-0.2, 0) is 11.3 Å². The molecule has 0 fully saturated rings. The quantitative estimate of drug-likeness (QED) is 0.675. The monoisotopic (exact) mass is 259 g/mol. The number of amides is 2. The number of aliphatic carboxylic acids is 1. The van der Waals surface area contributed by atoms with Gasteiger partial charge in [0.1, 0.15) is 0 Å². The Kier molecular flexibility index (Phi) is 4.85. The zero-order valence-corrected chi connectivity index (χ0v) is 9.98. The molecule has 0 aromatic carbocycles. The second-order valence-corrected chi connectivity index (χ2v) is 4.08. The lowest BCUT2D eigenvalue weighted by molar-refractivity contribution is -0.140. The van der Waals surface area contributed by atoms with Crippen LogP contribution in [-0.4, -0.2) is 51.8 Å². The lowest BCUT2D eigenvalue weighted by Gasteiger charge is -2.19. The number of urea groups is 1. The van der Waals surface area contributed by atoms with Crippen molar-refractivity contribution in [3.05, 3.63) is 16.6 Å². The van der Waals surface area contributed by atoms with Gasteiger partial charge in [0.15, 0.2) is 6.04 Å². The summed E-state index contributed by atoms with van der Waals surface area (Å²) in [5.74, 6) is -1.28. The Labute approximate surface area is 102 Å². The van der Waals surface area contributed by atoms with E-state index in [0.29, 0.717) is 0 Å². The Hall–Kier alpha value is -1.67. The number of aliphatic hydroxyl groups excluding tert-OH is 1. The molecule has 0 aliphatic heterocycles. The van der Waals surface area contributed by atoms with Gasteiger partial charge in [-0.25, -0.2) is 14.6 Å². The van der Waals surface area contributed by atoms with Gasteiger partial charge >= 0.3 is 12.0 Å². The van der Waals surface area contributed by atoms with Crippen molar-refractivity contribution in [2.24, 2.45) is 0 Å². The van der Waals surface area contributed by atoms with Crippen molar-refractivity contribution in [1.29, 1.82) is 0 Å². The maximum absolute atomic E-state index is 11.6. The fraction of sp³-hybridized carbons (Fsp3) is 0.444. The van der Waals surface area contributed by atoms with Crippen molar-refractivity contribution in [1.82, 2.24) is 15.2 Å². The highest BCUT2D eigenvalue weighted by atomic mass is 32.1. The zero-order valence-electron chi connectivity index (χ0n) is 9.16. The molecule has 0 saturated heterocycles. The highest BCUT2D eigenvalue weighted by Gasteiger charge is 2.20. The minimum atomic E-state index is -1.29. The van der Waals surface area contributed by atoms with Gasteiger partial charge in [0.25, 0.3) is 0 Å². The van der Waals surface area contributed by atoms with E-state index >= 15 is 0 Å². The first-order chi connectivity index (χ1) is 8.04. The van der Waals surface area contributed by atoms with E-state index in [1.165, 1.54) is 23.3 Å². The summed E-state index contributed by atoms with van der Waals surface area (Å²) in [6.45, 7) is -0.362. The summed E-state index contributed by atoms with van der Waals surface area (Å²) < 4.78 is 0. The first-order valence-corrected chi connectivity index (χ1v) is 5.71. The van der Waals surface area contributed by atoms with Crippen LogP contribution in [0.5, 0.6) is 0 Å². The maximum atomic E-state index is 11.6. The highest BCUT2D eigenvalue weighted by molar-refractivity contribution is 7.07. The van der Waals surface area contributed by atoms with Gasteiger partial charge in [-0.2, -0.15) is 0 Å². The fourth-order valence-corrected chi connectivity index (χ4v) is 1.62. The minimum absolute atomic E-state index is 0.285. The number of aromatic nitrogens is 1. The van der Waals surface area contributed by atoms with Gasteiger partial charge in [-0.3, -0.25) is 0 Å². The lowest BCUT2D eigenvalue weighted by Crippen LogP contribution is -2.48. The molecule has 1 rings (SSSR count). The van der Waals surface area contributed by atoms with Crippen molar-refractivity contribution < 1.29 is 19.8 Å². The topological polar surface area (TPSA) is 103 Å². The second-order valence-electron chi connectivity index (χ2n) is 3.36. The van der Waals surface area contributed by atoms with Crippen molar-refractivity contribution in [2.45, 2.75) is 12.6 Å². The standard InChI is InChI=1S/C9H13N3O4S/c1-12(2-6-4-17-5-10-6)9(16)11-7(3-13)8(14)15/h4-5,7,13H,2-3H2,1H3,(H,11,16)(H,14,15). The Bertz CT molecular complexity index is 382. The predicted octanol–water partition coefficient (Wildman–Crippen LogP) is -0.270. The van der Waals surface area contributed by atoms with E-state index in [-0.39, 0.29) is 6.54 Å². The molecule has 0 aliphatic carbocycles. The molecule has 17 heavy (non-hydrogen) atoms. The second kappa shape index (κ2) is 6.16. The number of carboxylic acid groups (broad SMARTS) is 1. The summed E-state index contributed by atoms with van der Waals surface area (Å²) >= 11 is 1.41. The molecule has 1 aromatic rings. The van der Waals surface area contributed by atoms with Gasteiger partial charge in [0.2, 0.25) is 0 Å². The van der Waals surface area contributed by atoms with E-state index in [9.17, 15) is 9.59 Å². The van der Waals surface area contributed by atoms with E-state index in [1.807, 2.05) is 0 Å². The number of hydrogen-bond acceptors (Lipinski definition) is 5. The summed E-state index contributed by atoms with van der Waals surface area (Å²) in [6.07, 6.45) is 0. The third kappa shape index (κ3) is 4.00. The van der Waals surface area contributed by atoms with Crippen LogP contribution < -0.4 is 5.32 Å². The Balaban J connectivity index is 2.49. The molecule has 1 atom stereocenters. The lowest BCUT2D eigenvalue weighted by atomic mass is 10.3. The van der Waals surface area contributed by atoms with E-state index in [0.717, 1.165) is 5.69 Å². The average Bonchev–Trinajstić information content (AvgIpc) is 2.77. The van der Waals surface area contributed by atoms with Crippen molar-refractivity contribution in [3.8, 4) is 0 Å². The normalized spacial score (nSPS) is 11.9. The van der Waals surface area contributed by atoms with Crippen molar-refractivity contribution in [2.75, 3.05) is 13.7 Å². The van der Waals surface area contributed by atoms with Crippen LogP contribution in [0.4, 0.5) is 4.79 Å². The molecule has 2 amide bonds. The van der Waals surface area contributed by atoms with Gasteiger partial charge < -0.3 is 20.4 Å². The number of carbonyl (C=O) groups excluding carboxylic acids is 1. The highest BCUT2D eigenvalue weighted by Crippen LogP contribution is 2.04. The molecule has 3 N–H and O–H groups in total. The van der Waals surface area contributed by atoms with Crippen LogP contribution in [0.15, 0.2) is 10.9 Å². The molecule has 0 spiro atoms. The number of rotatable bonds is 5. The molecular weight excluding hydrogens is 246 g/mol. The molecular formula is C9H13N3O4S.